The Hall–Kier alpha value is -1.85. The van der Waals surface area contributed by atoms with Crippen molar-refractivity contribution < 1.29 is 33.9 Å². The summed E-state index contributed by atoms with van der Waals surface area (Å²) in [5.41, 5.74) is 1.13. The minimum atomic E-state index is -0.448. The van der Waals surface area contributed by atoms with E-state index in [2.05, 4.69) is 11.1 Å². The van der Waals surface area contributed by atoms with Crippen LogP contribution in [-0.4, -0.2) is 30.2 Å². The molecule has 1 heterocycles. The molecule has 113 valence electrons. The van der Waals surface area contributed by atoms with Gasteiger partial charge < -0.3 is 14.5 Å². The summed E-state index contributed by atoms with van der Waals surface area (Å²) in [7, 11) is 1.60. The first-order valence-corrected chi connectivity index (χ1v) is 5.95. The van der Waals surface area contributed by atoms with Gasteiger partial charge in [0.25, 0.3) is 0 Å². The molecule has 6 nitrogen and oxygen atoms in total. The number of pyridine rings is 1. The smallest absolute Gasteiger partial charge is 0.192 e. The van der Waals surface area contributed by atoms with Gasteiger partial charge in [0.05, 0.1) is 6.61 Å². The maximum Gasteiger partial charge on any atom is 0.192 e. The molecule has 1 aromatic carbocycles. The number of non-ortho nitro benzene ring substituents is 1. The van der Waals surface area contributed by atoms with Gasteiger partial charge in [0.1, 0.15) is 12.4 Å². The molecule has 0 atom stereocenters. The van der Waals surface area contributed by atoms with Crippen molar-refractivity contribution in [2.24, 2.45) is 0 Å². The van der Waals surface area contributed by atoms with Gasteiger partial charge in [0.2, 0.25) is 0 Å². The molecule has 0 saturated carbocycles. The van der Waals surface area contributed by atoms with Crippen molar-refractivity contribution in [3.05, 3.63) is 52.7 Å². The van der Waals surface area contributed by atoms with Crippen LogP contribution in [0.15, 0.2) is 36.5 Å². The first-order valence-electron chi connectivity index (χ1n) is 5.95. The van der Waals surface area contributed by atoms with Crippen molar-refractivity contribution >= 4 is 5.69 Å². The van der Waals surface area contributed by atoms with Gasteiger partial charge in [-0.3, -0.25) is 10.1 Å². The number of methoxy groups -OCH3 is 1. The largest absolute Gasteiger partial charge is 0.492 e. The SMILES string of the molecule is COCCOc1ccnc(-c2[c-]ccc([N+](=O)[O-])c2)c1.[Rh]. The summed E-state index contributed by atoms with van der Waals surface area (Å²) in [5.74, 6) is 0.631. The Kier molecular flexibility index (Phi) is 6.92. The Morgan fingerprint density at radius 1 is 1.33 bits per heavy atom. The third-order valence-electron chi connectivity index (χ3n) is 2.56. The third-order valence-corrected chi connectivity index (χ3v) is 2.56. The Morgan fingerprint density at radius 2 is 2.14 bits per heavy atom. The van der Waals surface area contributed by atoms with E-state index in [0.29, 0.717) is 30.2 Å². The number of benzene rings is 1. The maximum absolute atomic E-state index is 10.8. The second-order valence-electron chi connectivity index (χ2n) is 3.94. The van der Waals surface area contributed by atoms with Crippen LogP contribution in [0.2, 0.25) is 0 Å². The molecule has 0 bridgehead atoms. The zero-order valence-corrected chi connectivity index (χ0v) is 12.9. The van der Waals surface area contributed by atoms with Crippen LogP contribution in [0.3, 0.4) is 0 Å². The van der Waals surface area contributed by atoms with Crippen molar-refractivity contribution in [3.8, 4) is 17.0 Å². The fourth-order valence-corrected chi connectivity index (χ4v) is 1.61. The predicted molar refractivity (Wildman–Crippen MR) is 72.5 cm³/mol. The van der Waals surface area contributed by atoms with Crippen molar-refractivity contribution in [3.63, 3.8) is 0 Å². The van der Waals surface area contributed by atoms with E-state index in [4.69, 9.17) is 9.47 Å². The van der Waals surface area contributed by atoms with E-state index in [1.54, 1.807) is 25.4 Å². The molecule has 0 aliphatic rings. The van der Waals surface area contributed by atoms with Crippen LogP contribution in [0, 0.1) is 16.2 Å². The Morgan fingerprint density at radius 3 is 2.86 bits per heavy atom. The monoisotopic (exact) mass is 376 g/mol. The summed E-state index contributed by atoms with van der Waals surface area (Å²) in [6.07, 6.45) is 1.59. The second kappa shape index (κ2) is 8.44. The molecule has 0 spiro atoms. The van der Waals surface area contributed by atoms with Gasteiger partial charge in [-0.1, -0.05) is 12.1 Å². The predicted octanol–water partition coefficient (Wildman–Crippen LogP) is 2.48. The number of rotatable bonds is 6. The van der Waals surface area contributed by atoms with Gasteiger partial charge in [0, 0.05) is 37.7 Å². The first kappa shape index (κ1) is 17.2. The fourth-order valence-electron chi connectivity index (χ4n) is 1.61. The van der Waals surface area contributed by atoms with Gasteiger partial charge in [-0.15, -0.1) is 17.7 Å². The molecule has 1 radical (unpaired) electrons. The van der Waals surface area contributed by atoms with Gasteiger partial charge in [-0.2, -0.15) is 0 Å². The number of nitrogens with zero attached hydrogens (tertiary/aromatic N) is 2. The minimum absolute atomic E-state index is 0. The molecule has 1 aromatic heterocycles. The van der Waals surface area contributed by atoms with E-state index in [-0.39, 0.29) is 25.2 Å². The fraction of sp³-hybridized carbons (Fsp3) is 0.214. The van der Waals surface area contributed by atoms with Crippen molar-refractivity contribution in [2.75, 3.05) is 20.3 Å². The molecular formula is C14H13N2O4Rh-. The topological polar surface area (TPSA) is 74.5 Å². The molecule has 0 saturated heterocycles. The van der Waals surface area contributed by atoms with Crippen LogP contribution >= 0.6 is 0 Å². The molecule has 0 amide bonds. The van der Waals surface area contributed by atoms with E-state index < -0.39 is 4.92 Å². The average molecular weight is 376 g/mol. The Balaban J connectivity index is 0.00000220. The van der Waals surface area contributed by atoms with Crippen LogP contribution in [0.5, 0.6) is 5.75 Å². The maximum atomic E-state index is 10.8. The molecule has 0 N–H and O–H groups in total. The summed E-state index contributed by atoms with van der Waals surface area (Å²) in [5, 5.41) is 10.8. The Labute approximate surface area is 135 Å². The van der Waals surface area contributed by atoms with Gasteiger partial charge in [0.15, 0.2) is 5.69 Å². The summed E-state index contributed by atoms with van der Waals surface area (Å²) in [4.78, 5) is 14.5. The number of ether oxygens (including phenoxy) is 2. The second-order valence-corrected chi connectivity index (χ2v) is 3.94. The number of hydrogen-bond donors (Lipinski definition) is 0. The van der Waals surface area contributed by atoms with Gasteiger partial charge in [-0.25, -0.2) is 0 Å². The summed E-state index contributed by atoms with van der Waals surface area (Å²) in [6, 6.07) is 10.7. The zero-order valence-electron chi connectivity index (χ0n) is 11.2. The molecule has 2 aromatic rings. The molecule has 0 aliphatic heterocycles. The Bertz CT molecular complexity index is 607. The molecule has 0 unspecified atom stereocenters. The minimum Gasteiger partial charge on any atom is -0.492 e. The number of hydrogen-bond acceptors (Lipinski definition) is 5. The molecule has 21 heavy (non-hydrogen) atoms. The number of nitro groups is 1. The molecular weight excluding hydrogens is 363 g/mol. The average Bonchev–Trinajstić information content (AvgIpc) is 2.48. The molecule has 2 rings (SSSR count). The summed E-state index contributed by atoms with van der Waals surface area (Å²) < 4.78 is 10.4. The third kappa shape index (κ3) is 4.88. The summed E-state index contributed by atoms with van der Waals surface area (Å²) in [6.45, 7) is 0.916. The van der Waals surface area contributed by atoms with Gasteiger partial charge >= 0.3 is 0 Å². The molecule has 7 heteroatoms. The normalized spacial score (nSPS) is 9.76. The first-order chi connectivity index (χ1) is 9.70. The number of nitro benzene ring substituents is 1. The van der Waals surface area contributed by atoms with E-state index in [1.807, 2.05) is 0 Å². The van der Waals surface area contributed by atoms with E-state index in [1.165, 1.54) is 18.2 Å². The van der Waals surface area contributed by atoms with Crippen molar-refractivity contribution in [2.45, 2.75) is 0 Å². The van der Waals surface area contributed by atoms with Crippen LogP contribution in [0.1, 0.15) is 0 Å². The van der Waals surface area contributed by atoms with Crippen molar-refractivity contribution in [1.82, 2.24) is 4.98 Å². The van der Waals surface area contributed by atoms with Crippen molar-refractivity contribution in [1.29, 1.82) is 0 Å². The van der Waals surface area contributed by atoms with Crippen LogP contribution in [-0.2, 0) is 24.2 Å². The molecule has 0 aliphatic carbocycles. The van der Waals surface area contributed by atoms with Crippen LogP contribution < -0.4 is 4.74 Å². The summed E-state index contributed by atoms with van der Waals surface area (Å²) >= 11 is 0. The van der Waals surface area contributed by atoms with Gasteiger partial charge in [-0.05, 0) is 17.8 Å². The van der Waals surface area contributed by atoms with Crippen LogP contribution in [0.4, 0.5) is 5.69 Å². The zero-order chi connectivity index (χ0) is 14.4. The number of aromatic nitrogens is 1. The molecule has 0 fully saturated rings. The van der Waals surface area contributed by atoms with E-state index in [9.17, 15) is 10.1 Å². The quantitative estimate of drug-likeness (QED) is 0.255. The van der Waals surface area contributed by atoms with Crippen LogP contribution in [0.25, 0.3) is 11.3 Å². The standard InChI is InChI=1S/C14H13N2O4.Rh/c1-19-7-8-20-13-5-6-15-14(10-13)11-3-2-4-12(9-11)16(17)18;/h2,4-6,9-10H,7-8H2,1H3;/q-1;. The van der Waals surface area contributed by atoms with E-state index >= 15 is 0 Å². The van der Waals surface area contributed by atoms with E-state index in [0.717, 1.165) is 0 Å².